The molecule has 0 aliphatic carbocycles. The quantitative estimate of drug-likeness (QED) is 0.674. The molecule has 1 aliphatic heterocycles. The zero-order chi connectivity index (χ0) is 22.3. The second kappa shape index (κ2) is 7.73. The number of nitrogens with zero attached hydrogens (tertiary/aromatic N) is 2. The molecule has 0 spiro atoms. The maximum atomic E-state index is 13.3. The number of carbonyl (C=O) groups excluding carboxylic acids is 1. The molecule has 1 unspecified atom stereocenters. The summed E-state index contributed by atoms with van der Waals surface area (Å²) in [6.07, 6.45) is -4.04. The van der Waals surface area contributed by atoms with Crippen molar-refractivity contribution in [3.8, 4) is 22.7 Å². The van der Waals surface area contributed by atoms with Crippen LogP contribution < -0.4 is 10.5 Å². The minimum atomic E-state index is -4.52. The second-order valence-corrected chi connectivity index (χ2v) is 7.34. The van der Waals surface area contributed by atoms with Crippen LogP contribution in [0.2, 0.25) is 0 Å². The number of alkyl halides is 3. The monoisotopic (exact) mass is 431 g/mol. The number of halogens is 3. The van der Waals surface area contributed by atoms with E-state index in [9.17, 15) is 18.0 Å². The average molecular weight is 431 g/mol. The van der Waals surface area contributed by atoms with E-state index >= 15 is 0 Å². The SMILES string of the molecule is COc1cc(-n2nc(-c3ccc(C(N)=O)cc3)c3c2CC(C)OC3)ccc1C(F)(F)F. The van der Waals surface area contributed by atoms with Crippen molar-refractivity contribution in [2.75, 3.05) is 7.11 Å². The maximum absolute atomic E-state index is 13.3. The molecule has 4 rings (SSSR count). The Morgan fingerprint density at radius 2 is 1.94 bits per heavy atom. The van der Waals surface area contributed by atoms with E-state index in [1.54, 1.807) is 28.9 Å². The van der Waals surface area contributed by atoms with Crippen molar-refractivity contribution in [1.29, 1.82) is 0 Å². The number of methoxy groups -OCH3 is 1. The van der Waals surface area contributed by atoms with Crippen LogP contribution in [0.5, 0.6) is 5.75 Å². The molecule has 0 saturated carbocycles. The Kier molecular flexibility index (Phi) is 5.22. The van der Waals surface area contributed by atoms with E-state index in [0.29, 0.717) is 30.0 Å². The van der Waals surface area contributed by atoms with Gasteiger partial charge in [-0.1, -0.05) is 12.1 Å². The van der Waals surface area contributed by atoms with Gasteiger partial charge in [-0.3, -0.25) is 4.79 Å². The lowest BCUT2D eigenvalue weighted by Crippen LogP contribution is -2.21. The van der Waals surface area contributed by atoms with Gasteiger partial charge in [-0.2, -0.15) is 18.3 Å². The fraction of sp³-hybridized carbons (Fsp3) is 0.273. The minimum absolute atomic E-state index is 0.0654. The van der Waals surface area contributed by atoms with E-state index < -0.39 is 17.6 Å². The zero-order valence-corrected chi connectivity index (χ0v) is 16.9. The number of aromatic nitrogens is 2. The van der Waals surface area contributed by atoms with Gasteiger partial charge in [0.25, 0.3) is 0 Å². The summed E-state index contributed by atoms with van der Waals surface area (Å²) in [6.45, 7) is 2.25. The van der Waals surface area contributed by atoms with Crippen LogP contribution in [0.15, 0.2) is 42.5 Å². The average Bonchev–Trinajstić information content (AvgIpc) is 3.11. The lowest BCUT2D eigenvalue weighted by atomic mass is 10.0. The smallest absolute Gasteiger partial charge is 0.419 e. The summed E-state index contributed by atoms with van der Waals surface area (Å²) in [5.41, 5.74) is 8.37. The maximum Gasteiger partial charge on any atom is 0.419 e. The van der Waals surface area contributed by atoms with Crippen LogP contribution in [-0.4, -0.2) is 28.9 Å². The molecule has 2 heterocycles. The largest absolute Gasteiger partial charge is 0.496 e. The molecule has 6 nitrogen and oxygen atoms in total. The first-order valence-corrected chi connectivity index (χ1v) is 9.57. The van der Waals surface area contributed by atoms with Gasteiger partial charge in [0.2, 0.25) is 5.91 Å². The summed E-state index contributed by atoms with van der Waals surface area (Å²) in [7, 11) is 1.20. The van der Waals surface area contributed by atoms with Gasteiger partial charge < -0.3 is 15.2 Å². The third-order valence-electron chi connectivity index (χ3n) is 5.26. The Hall–Kier alpha value is -3.33. The van der Waals surface area contributed by atoms with Crippen molar-refractivity contribution < 1.29 is 27.4 Å². The Balaban J connectivity index is 1.85. The van der Waals surface area contributed by atoms with Crippen molar-refractivity contribution in [2.45, 2.75) is 32.2 Å². The normalized spacial score (nSPS) is 16.1. The van der Waals surface area contributed by atoms with Gasteiger partial charge in [0.15, 0.2) is 0 Å². The number of rotatable bonds is 4. The minimum Gasteiger partial charge on any atom is -0.496 e. The molecule has 1 atom stereocenters. The van der Waals surface area contributed by atoms with Gasteiger partial charge in [-0.15, -0.1) is 0 Å². The highest BCUT2D eigenvalue weighted by molar-refractivity contribution is 5.93. The fourth-order valence-corrected chi connectivity index (χ4v) is 3.69. The third-order valence-corrected chi connectivity index (χ3v) is 5.26. The summed E-state index contributed by atoms with van der Waals surface area (Å²) < 4.78 is 52.2. The third kappa shape index (κ3) is 3.88. The molecule has 0 bridgehead atoms. The highest BCUT2D eigenvalue weighted by Crippen LogP contribution is 2.38. The molecule has 1 aliphatic rings. The van der Waals surface area contributed by atoms with Gasteiger partial charge >= 0.3 is 6.18 Å². The molecular weight excluding hydrogens is 411 g/mol. The van der Waals surface area contributed by atoms with E-state index in [0.717, 1.165) is 22.9 Å². The van der Waals surface area contributed by atoms with E-state index in [2.05, 4.69) is 0 Å². The molecular formula is C22H20F3N3O3. The molecule has 0 radical (unpaired) electrons. The number of nitrogens with two attached hydrogens (primary N) is 1. The predicted octanol–water partition coefficient (Wildman–Crippen LogP) is 4.13. The van der Waals surface area contributed by atoms with Gasteiger partial charge in [0, 0.05) is 29.2 Å². The van der Waals surface area contributed by atoms with Gasteiger partial charge in [0.05, 0.1) is 42.5 Å². The Labute approximate surface area is 176 Å². The summed E-state index contributed by atoms with van der Waals surface area (Å²) >= 11 is 0. The number of primary amides is 1. The van der Waals surface area contributed by atoms with E-state index in [1.165, 1.54) is 19.2 Å². The molecule has 1 aromatic heterocycles. The number of benzene rings is 2. The van der Waals surface area contributed by atoms with Crippen LogP contribution in [-0.2, 0) is 23.9 Å². The van der Waals surface area contributed by atoms with Crippen molar-refractivity contribution in [3.05, 3.63) is 64.8 Å². The highest BCUT2D eigenvalue weighted by atomic mass is 19.4. The van der Waals surface area contributed by atoms with Crippen molar-refractivity contribution in [2.24, 2.45) is 5.73 Å². The summed E-state index contributed by atoms with van der Waals surface area (Å²) in [6, 6.07) is 10.4. The van der Waals surface area contributed by atoms with Gasteiger partial charge in [-0.05, 0) is 31.2 Å². The topological polar surface area (TPSA) is 79.4 Å². The van der Waals surface area contributed by atoms with Crippen LogP contribution >= 0.6 is 0 Å². The number of carbonyl (C=O) groups is 1. The van der Waals surface area contributed by atoms with Crippen LogP contribution in [0.25, 0.3) is 16.9 Å². The molecule has 31 heavy (non-hydrogen) atoms. The number of fused-ring (bicyclic) bond motifs is 1. The first kappa shape index (κ1) is 20.9. The van der Waals surface area contributed by atoms with Crippen molar-refractivity contribution in [3.63, 3.8) is 0 Å². The van der Waals surface area contributed by atoms with Gasteiger partial charge in [-0.25, -0.2) is 4.68 Å². The molecule has 1 amide bonds. The highest BCUT2D eigenvalue weighted by Gasteiger charge is 2.35. The molecule has 162 valence electrons. The summed E-state index contributed by atoms with van der Waals surface area (Å²) in [5, 5.41) is 4.69. The lowest BCUT2D eigenvalue weighted by Gasteiger charge is -2.21. The van der Waals surface area contributed by atoms with Crippen molar-refractivity contribution in [1.82, 2.24) is 9.78 Å². The van der Waals surface area contributed by atoms with Crippen LogP contribution in [0.1, 0.15) is 34.1 Å². The molecule has 0 saturated heterocycles. The first-order valence-electron chi connectivity index (χ1n) is 9.57. The summed E-state index contributed by atoms with van der Waals surface area (Å²) in [5.74, 6) is -0.810. The van der Waals surface area contributed by atoms with Crippen LogP contribution in [0.3, 0.4) is 0 Å². The van der Waals surface area contributed by atoms with Gasteiger partial charge in [0.1, 0.15) is 5.75 Å². The number of hydrogen-bond acceptors (Lipinski definition) is 4. The van der Waals surface area contributed by atoms with E-state index in [4.69, 9.17) is 20.3 Å². The summed E-state index contributed by atoms with van der Waals surface area (Å²) in [4.78, 5) is 11.4. The van der Waals surface area contributed by atoms with Crippen LogP contribution in [0, 0.1) is 0 Å². The predicted molar refractivity (Wildman–Crippen MR) is 107 cm³/mol. The molecule has 9 heteroatoms. The lowest BCUT2D eigenvalue weighted by molar-refractivity contribution is -0.138. The number of ether oxygens (including phenoxy) is 2. The molecule has 2 N–H and O–H groups in total. The standard InChI is InChI=1S/C22H20F3N3O3/c1-12-9-18-16(11-31-12)20(13-3-5-14(6-4-13)21(26)29)27-28(18)15-7-8-17(22(23,24)25)19(10-15)30-2/h3-8,10,12H,9,11H2,1-2H3,(H2,26,29). The van der Waals surface area contributed by atoms with E-state index in [1.807, 2.05) is 6.92 Å². The Bertz CT molecular complexity index is 1140. The number of amides is 1. The molecule has 3 aromatic rings. The first-order chi connectivity index (χ1) is 14.7. The van der Waals surface area contributed by atoms with Crippen molar-refractivity contribution >= 4 is 5.91 Å². The van der Waals surface area contributed by atoms with Crippen LogP contribution in [0.4, 0.5) is 13.2 Å². The Morgan fingerprint density at radius 3 is 2.55 bits per heavy atom. The second-order valence-electron chi connectivity index (χ2n) is 7.34. The zero-order valence-electron chi connectivity index (χ0n) is 16.9. The molecule has 0 fully saturated rings. The van der Waals surface area contributed by atoms with E-state index in [-0.39, 0.29) is 11.9 Å². The molecule has 2 aromatic carbocycles. The fourth-order valence-electron chi connectivity index (χ4n) is 3.69. The Morgan fingerprint density at radius 1 is 1.23 bits per heavy atom. The number of hydrogen-bond donors (Lipinski definition) is 1.